The average Bonchev–Trinajstić information content (AvgIpc) is 2.46. The number of carbonyl (C=O) groups excluding carboxylic acids is 1. The summed E-state index contributed by atoms with van der Waals surface area (Å²) in [5, 5.41) is 2.87. The van der Waals surface area contributed by atoms with Gasteiger partial charge in [0.25, 0.3) is 5.91 Å². The minimum absolute atomic E-state index is 0.156. The summed E-state index contributed by atoms with van der Waals surface area (Å²) < 4.78 is 25.7. The van der Waals surface area contributed by atoms with Gasteiger partial charge in [-0.3, -0.25) is 9.10 Å². The van der Waals surface area contributed by atoms with Gasteiger partial charge in [-0.25, -0.2) is 8.42 Å². The summed E-state index contributed by atoms with van der Waals surface area (Å²) in [5.74, 6) is 0.555. The van der Waals surface area contributed by atoms with E-state index < -0.39 is 10.0 Å². The monoisotopic (exact) mass is 324 g/mol. The number of sulfonamides is 1. The summed E-state index contributed by atoms with van der Waals surface area (Å²) in [5.41, 5.74) is 1.08. The van der Waals surface area contributed by atoms with Gasteiger partial charge in [0.05, 0.1) is 11.4 Å². The molecule has 5 nitrogen and oxygen atoms in total. The number of nitrogens with zero attached hydrogens (tertiary/aromatic N) is 1. The van der Waals surface area contributed by atoms with Crippen LogP contribution < -0.4 is 9.62 Å². The van der Waals surface area contributed by atoms with Crippen LogP contribution in [0.3, 0.4) is 0 Å². The second kappa shape index (κ2) is 7.13. The molecule has 22 heavy (non-hydrogen) atoms. The van der Waals surface area contributed by atoms with Crippen LogP contribution in [0.4, 0.5) is 5.69 Å². The number of nitrogens with one attached hydrogen (secondary N) is 1. The zero-order valence-corrected chi connectivity index (χ0v) is 14.0. The van der Waals surface area contributed by atoms with Gasteiger partial charge in [0, 0.05) is 18.7 Å². The normalized spacial score (nSPS) is 17.5. The van der Waals surface area contributed by atoms with Gasteiger partial charge >= 0.3 is 0 Å². The third kappa shape index (κ3) is 4.22. The number of anilines is 1. The van der Waals surface area contributed by atoms with Crippen LogP contribution in [0.1, 0.15) is 43.5 Å². The standard InChI is InChI=1S/C16H24N2O3S/c1-13(2)8-9-17-16(19)14-6-5-7-15(12-14)18-10-3-4-11-22(18,20)21/h5-7,12-13H,3-4,8-11H2,1-2H3,(H,17,19). The van der Waals surface area contributed by atoms with Crippen LogP contribution in [0.2, 0.25) is 0 Å². The number of carbonyl (C=O) groups is 1. The lowest BCUT2D eigenvalue weighted by Crippen LogP contribution is -2.38. The van der Waals surface area contributed by atoms with E-state index in [1.807, 2.05) is 0 Å². The minimum Gasteiger partial charge on any atom is -0.352 e. The Labute approximate surface area is 132 Å². The second-order valence-electron chi connectivity index (χ2n) is 6.08. The number of amides is 1. The Balaban J connectivity index is 2.11. The van der Waals surface area contributed by atoms with E-state index in [0.717, 1.165) is 12.8 Å². The molecule has 0 saturated carbocycles. The number of hydrogen-bond acceptors (Lipinski definition) is 3. The van der Waals surface area contributed by atoms with Crippen molar-refractivity contribution < 1.29 is 13.2 Å². The molecule has 0 aromatic heterocycles. The molecule has 0 unspecified atom stereocenters. The van der Waals surface area contributed by atoms with Crippen molar-refractivity contribution >= 4 is 21.6 Å². The Morgan fingerprint density at radius 1 is 1.32 bits per heavy atom. The van der Waals surface area contributed by atoms with Crippen LogP contribution in [0.5, 0.6) is 0 Å². The van der Waals surface area contributed by atoms with Crippen molar-refractivity contribution in [1.29, 1.82) is 0 Å². The second-order valence-corrected chi connectivity index (χ2v) is 8.10. The van der Waals surface area contributed by atoms with Crippen LogP contribution in [0.25, 0.3) is 0 Å². The summed E-state index contributed by atoms with van der Waals surface area (Å²) in [4.78, 5) is 12.1. The average molecular weight is 324 g/mol. The SMILES string of the molecule is CC(C)CCNC(=O)c1cccc(N2CCCCS2(=O)=O)c1. The molecule has 0 spiro atoms. The number of rotatable bonds is 5. The van der Waals surface area contributed by atoms with Gasteiger partial charge in [-0.15, -0.1) is 0 Å². The molecule has 1 aliphatic heterocycles. The molecule has 1 aromatic carbocycles. The summed E-state index contributed by atoms with van der Waals surface area (Å²) in [7, 11) is -3.25. The molecule has 1 heterocycles. The number of hydrogen-bond donors (Lipinski definition) is 1. The quantitative estimate of drug-likeness (QED) is 0.904. The smallest absolute Gasteiger partial charge is 0.251 e. The first kappa shape index (κ1) is 16.8. The number of benzene rings is 1. The maximum Gasteiger partial charge on any atom is 0.251 e. The summed E-state index contributed by atoms with van der Waals surface area (Å²) >= 11 is 0. The first-order chi connectivity index (χ1) is 10.4. The molecule has 0 bridgehead atoms. The Hall–Kier alpha value is -1.56. The molecular weight excluding hydrogens is 300 g/mol. The molecule has 2 rings (SSSR count). The van der Waals surface area contributed by atoms with Crippen LogP contribution in [-0.4, -0.2) is 33.2 Å². The molecule has 1 N–H and O–H groups in total. The van der Waals surface area contributed by atoms with Crippen molar-refractivity contribution in [3.05, 3.63) is 29.8 Å². The van der Waals surface area contributed by atoms with E-state index in [1.54, 1.807) is 24.3 Å². The van der Waals surface area contributed by atoms with E-state index in [-0.39, 0.29) is 11.7 Å². The zero-order chi connectivity index (χ0) is 16.2. The van der Waals surface area contributed by atoms with Gasteiger partial charge in [-0.05, 0) is 43.4 Å². The predicted molar refractivity (Wildman–Crippen MR) is 88.6 cm³/mol. The molecule has 0 radical (unpaired) electrons. The fourth-order valence-corrected chi connectivity index (χ4v) is 4.09. The van der Waals surface area contributed by atoms with E-state index >= 15 is 0 Å². The predicted octanol–water partition coefficient (Wildman–Crippen LogP) is 2.39. The highest BCUT2D eigenvalue weighted by Crippen LogP contribution is 2.24. The van der Waals surface area contributed by atoms with Gasteiger partial charge in [-0.2, -0.15) is 0 Å². The fourth-order valence-electron chi connectivity index (χ4n) is 2.46. The third-order valence-corrected chi connectivity index (χ3v) is 5.62. The maximum absolute atomic E-state index is 12.1. The topological polar surface area (TPSA) is 66.5 Å². The lowest BCUT2D eigenvalue weighted by Gasteiger charge is -2.28. The van der Waals surface area contributed by atoms with Crippen molar-refractivity contribution in [2.24, 2.45) is 5.92 Å². The highest BCUT2D eigenvalue weighted by atomic mass is 32.2. The lowest BCUT2D eigenvalue weighted by atomic mass is 10.1. The molecule has 1 fully saturated rings. The van der Waals surface area contributed by atoms with Crippen molar-refractivity contribution in [2.45, 2.75) is 33.1 Å². The highest BCUT2D eigenvalue weighted by Gasteiger charge is 2.26. The van der Waals surface area contributed by atoms with Crippen molar-refractivity contribution in [1.82, 2.24) is 5.32 Å². The van der Waals surface area contributed by atoms with E-state index in [0.29, 0.717) is 36.7 Å². The van der Waals surface area contributed by atoms with Gasteiger partial charge in [0.2, 0.25) is 10.0 Å². The molecule has 1 aliphatic rings. The lowest BCUT2D eigenvalue weighted by molar-refractivity contribution is 0.0952. The summed E-state index contributed by atoms with van der Waals surface area (Å²) in [6.45, 7) is 5.32. The van der Waals surface area contributed by atoms with Crippen molar-refractivity contribution in [3.8, 4) is 0 Å². The van der Waals surface area contributed by atoms with E-state index in [4.69, 9.17) is 0 Å². The molecule has 6 heteroatoms. The van der Waals surface area contributed by atoms with Gasteiger partial charge in [0.15, 0.2) is 0 Å². The highest BCUT2D eigenvalue weighted by molar-refractivity contribution is 7.92. The van der Waals surface area contributed by atoms with Crippen LogP contribution in [-0.2, 0) is 10.0 Å². The van der Waals surface area contributed by atoms with Crippen LogP contribution in [0.15, 0.2) is 24.3 Å². The Morgan fingerprint density at radius 3 is 2.77 bits per heavy atom. The molecular formula is C16H24N2O3S. The Kier molecular flexibility index (Phi) is 5.45. The third-order valence-electron chi connectivity index (χ3n) is 3.75. The van der Waals surface area contributed by atoms with Gasteiger partial charge in [-0.1, -0.05) is 19.9 Å². The van der Waals surface area contributed by atoms with E-state index in [2.05, 4.69) is 19.2 Å². The van der Waals surface area contributed by atoms with Gasteiger partial charge in [0.1, 0.15) is 0 Å². The molecule has 0 atom stereocenters. The fraction of sp³-hybridized carbons (Fsp3) is 0.562. The zero-order valence-electron chi connectivity index (χ0n) is 13.2. The Bertz CT molecular complexity index is 626. The van der Waals surface area contributed by atoms with Crippen molar-refractivity contribution in [2.75, 3.05) is 23.1 Å². The first-order valence-electron chi connectivity index (χ1n) is 7.79. The summed E-state index contributed by atoms with van der Waals surface area (Å²) in [6.07, 6.45) is 2.48. The Morgan fingerprint density at radius 2 is 2.09 bits per heavy atom. The molecule has 1 aromatic rings. The first-order valence-corrected chi connectivity index (χ1v) is 9.40. The van der Waals surface area contributed by atoms with Crippen molar-refractivity contribution in [3.63, 3.8) is 0 Å². The van der Waals surface area contributed by atoms with E-state index in [1.165, 1.54) is 4.31 Å². The molecule has 1 amide bonds. The van der Waals surface area contributed by atoms with Gasteiger partial charge < -0.3 is 5.32 Å². The summed E-state index contributed by atoms with van der Waals surface area (Å²) in [6, 6.07) is 6.85. The molecule has 122 valence electrons. The van der Waals surface area contributed by atoms with Crippen LogP contribution >= 0.6 is 0 Å². The maximum atomic E-state index is 12.1. The van der Waals surface area contributed by atoms with E-state index in [9.17, 15) is 13.2 Å². The molecule has 0 aliphatic carbocycles. The van der Waals surface area contributed by atoms with Crippen LogP contribution in [0, 0.1) is 5.92 Å². The molecule has 1 saturated heterocycles. The minimum atomic E-state index is -3.25. The largest absolute Gasteiger partial charge is 0.352 e.